The molecule has 0 bridgehead atoms. The number of carbonyl (C=O) groups is 2. The molecule has 0 fully saturated rings. The van der Waals surface area contributed by atoms with E-state index in [1.54, 1.807) is 18.2 Å². The van der Waals surface area contributed by atoms with Crippen LogP contribution < -0.4 is 15.4 Å². The molecule has 0 saturated heterocycles. The molecule has 6 nitrogen and oxygen atoms in total. The fourth-order valence-corrected chi connectivity index (χ4v) is 2.11. The highest BCUT2D eigenvalue weighted by Crippen LogP contribution is 2.27. The van der Waals surface area contributed by atoms with Crippen molar-refractivity contribution in [2.45, 2.75) is 26.3 Å². The van der Waals surface area contributed by atoms with Gasteiger partial charge in [-0.1, -0.05) is 31.9 Å². The van der Waals surface area contributed by atoms with E-state index in [2.05, 4.69) is 10.6 Å². The molecule has 1 aromatic carbocycles. The summed E-state index contributed by atoms with van der Waals surface area (Å²) in [6.45, 7) is 3.80. The van der Waals surface area contributed by atoms with Crippen molar-refractivity contribution in [2.24, 2.45) is 5.92 Å². The molecule has 0 aromatic heterocycles. The second-order valence-electron chi connectivity index (χ2n) is 4.83. The van der Waals surface area contributed by atoms with E-state index in [1.165, 1.54) is 14.2 Å². The van der Waals surface area contributed by atoms with E-state index < -0.39 is 18.0 Å². The van der Waals surface area contributed by atoms with Crippen LogP contribution in [-0.4, -0.2) is 32.3 Å². The highest BCUT2D eigenvalue weighted by molar-refractivity contribution is 6.32. The maximum Gasteiger partial charge on any atom is 0.328 e. The molecule has 0 saturated carbocycles. The Balaban J connectivity index is 2.75. The predicted molar refractivity (Wildman–Crippen MR) is 85.4 cm³/mol. The zero-order chi connectivity index (χ0) is 16.7. The van der Waals surface area contributed by atoms with Crippen molar-refractivity contribution in [1.29, 1.82) is 0 Å². The minimum atomic E-state index is -0.705. The van der Waals surface area contributed by atoms with Gasteiger partial charge in [0, 0.05) is 5.69 Å². The predicted octanol–water partition coefficient (Wildman–Crippen LogP) is 3.06. The number of benzene rings is 1. The molecule has 1 rings (SSSR count). The Kier molecular flexibility index (Phi) is 6.98. The van der Waals surface area contributed by atoms with Crippen LogP contribution in [0.5, 0.6) is 5.75 Å². The van der Waals surface area contributed by atoms with Crippen molar-refractivity contribution in [3.05, 3.63) is 23.2 Å². The monoisotopic (exact) mass is 328 g/mol. The largest absolute Gasteiger partial charge is 0.495 e. The molecule has 2 atom stereocenters. The van der Waals surface area contributed by atoms with Crippen molar-refractivity contribution in [1.82, 2.24) is 5.32 Å². The lowest BCUT2D eigenvalue weighted by Gasteiger charge is -2.22. The van der Waals surface area contributed by atoms with E-state index >= 15 is 0 Å². The summed E-state index contributed by atoms with van der Waals surface area (Å²) < 4.78 is 9.76. The third-order valence-electron chi connectivity index (χ3n) is 3.36. The van der Waals surface area contributed by atoms with Crippen LogP contribution >= 0.6 is 11.6 Å². The molecule has 7 heteroatoms. The number of carbonyl (C=O) groups excluding carboxylic acids is 2. The fourth-order valence-electron chi connectivity index (χ4n) is 1.85. The number of nitrogens with one attached hydrogen (secondary N) is 2. The van der Waals surface area contributed by atoms with E-state index in [9.17, 15) is 9.59 Å². The number of ether oxygens (including phenoxy) is 2. The van der Waals surface area contributed by atoms with E-state index in [1.807, 2.05) is 13.8 Å². The van der Waals surface area contributed by atoms with Gasteiger partial charge in [-0.25, -0.2) is 9.59 Å². The average Bonchev–Trinajstić information content (AvgIpc) is 2.51. The quantitative estimate of drug-likeness (QED) is 0.787. The summed E-state index contributed by atoms with van der Waals surface area (Å²) in [6.07, 6.45) is 0.731. The van der Waals surface area contributed by atoms with Crippen LogP contribution in [0.4, 0.5) is 10.5 Å². The average molecular weight is 329 g/mol. The van der Waals surface area contributed by atoms with E-state index in [4.69, 9.17) is 21.1 Å². The second-order valence-corrected chi connectivity index (χ2v) is 5.24. The first-order chi connectivity index (χ1) is 10.4. The van der Waals surface area contributed by atoms with Crippen LogP contribution in [0.15, 0.2) is 18.2 Å². The van der Waals surface area contributed by atoms with Gasteiger partial charge >= 0.3 is 12.0 Å². The van der Waals surface area contributed by atoms with Crippen molar-refractivity contribution >= 4 is 29.3 Å². The number of rotatable bonds is 6. The molecule has 2 amide bonds. The molecule has 122 valence electrons. The van der Waals surface area contributed by atoms with Gasteiger partial charge in [0.15, 0.2) is 0 Å². The number of methoxy groups -OCH3 is 2. The lowest BCUT2D eigenvalue weighted by atomic mass is 9.99. The standard InChI is InChI=1S/C15H21ClN2O4/c1-5-9(2)13(14(19)22-4)18-15(20)17-10-6-7-12(21-3)11(16)8-10/h6-9,13H,5H2,1-4H3,(H2,17,18,20)/t9?,13-/m1/s1. The summed E-state index contributed by atoms with van der Waals surface area (Å²) in [4.78, 5) is 23.8. The molecular formula is C15H21ClN2O4. The topological polar surface area (TPSA) is 76.7 Å². The van der Waals surface area contributed by atoms with Gasteiger partial charge in [-0.2, -0.15) is 0 Å². The lowest BCUT2D eigenvalue weighted by Crippen LogP contribution is -2.47. The number of halogens is 1. The third-order valence-corrected chi connectivity index (χ3v) is 3.66. The van der Waals surface area contributed by atoms with Crippen LogP contribution in [0.2, 0.25) is 5.02 Å². The minimum absolute atomic E-state index is 0.0438. The third kappa shape index (κ3) is 4.80. The van der Waals surface area contributed by atoms with Crippen LogP contribution in [0, 0.1) is 5.92 Å². The minimum Gasteiger partial charge on any atom is -0.495 e. The van der Waals surface area contributed by atoms with Gasteiger partial charge in [0.1, 0.15) is 11.8 Å². The Morgan fingerprint density at radius 2 is 2.00 bits per heavy atom. The summed E-state index contributed by atoms with van der Waals surface area (Å²) in [7, 11) is 2.80. The zero-order valence-electron chi connectivity index (χ0n) is 13.1. The van der Waals surface area contributed by atoms with Crippen LogP contribution in [0.25, 0.3) is 0 Å². The van der Waals surface area contributed by atoms with Crippen molar-refractivity contribution < 1.29 is 19.1 Å². The summed E-state index contributed by atoms with van der Waals surface area (Å²) in [6, 6.07) is 3.65. The maximum atomic E-state index is 12.0. The molecular weight excluding hydrogens is 308 g/mol. The Labute approximate surface area is 135 Å². The summed E-state index contributed by atoms with van der Waals surface area (Å²) >= 11 is 5.99. The van der Waals surface area contributed by atoms with Crippen molar-refractivity contribution in [3.63, 3.8) is 0 Å². The smallest absolute Gasteiger partial charge is 0.328 e. The zero-order valence-corrected chi connectivity index (χ0v) is 13.9. The normalized spacial score (nSPS) is 13.0. The highest BCUT2D eigenvalue weighted by Gasteiger charge is 2.26. The van der Waals surface area contributed by atoms with E-state index in [0.29, 0.717) is 16.5 Å². The summed E-state index contributed by atoms with van der Waals surface area (Å²) in [5, 5.41) is 5.62. The van der Waals surface area contributed by atoms with Gasteiger partial charge in [-0.05, 0) is 24.1 Å². The molecule has 1 aromatic rings. The Hall–Kier alpha value is -1.95. The molecule has 2 N–H and O–H groups in total. The van der Waals surface area contributed by atoms with Gasteiger partial charge < -0.3 is 20.1 Å². The fraction of sp³-hybridized carbons (Fsp3) is 0.467. The van der Waals surface area contributed by atoms with Gasteiger partial charge in [0.2, 0.25) is 0 Å². The van der Waals surface area contributed by atoms with Crippen LogP contribution in [0.3, 0.4) is 0 Å². The molecule has 0 spiro atoms. The molecule has 22 heavy (non-hydrogen) atoms. The number of urea groups is 1. The van der Waals surface area contributed by atoms with Crippen LogP contribution in [0.1, 0.15) is 20.3 Å². The van der Waals surface area contributed by atoms with E-state index in [0.717, 1.165) is 6.42 Å². The molecule has 0 aliphatic carbocycles. The molecule has 1 unspecified atom stereocenters. The number of anilines is 1. The van der Waals surface area contributed by atoms with Crippen LogP contribution in [-0.2, 0) is 9.53 Å². The van der Waals surface area contributed by atoms with Gasteiger partial charge in [-0.15, -0.1) is 0 Å². The highest BCUT2D eigenvalue weighted by atomic mass is 35.5. The summed E-state index contributed by atoms with van der Waals surface area (Å²) in [5.41, 5.74) is 0.496. The Morgan fingerprint density at radius 1 is 1.32 bits per heavy atom. The molecule has 0 aliphatic heterocycles. The van der Waals surface area contributed by atoms with Crippen molar-refractivity contribution in [3.8, 4) is 5.75 Å². The lowest BCUT2D eigenvalue weighted by molar-refractivity contribution is -0.144. The van der Waals surface area contributed by atoms with Gasteiger partial charge in [0.25, 0.3) is 0 Å². The SMILES string of the molecule is CCC(C)[C@@H](NC(=O)Nc1ccc(OC)c(Cl)c1)C(=O)OC. The summed E-state index contributed by atoms with van der Waals surface area (Å²) in [5.74, 6) is -0.00501. The van der Waals surface area contributed by atoms with Gasteiger partial charge in [0.05, 0.1) is 19.2 Å². The Morgan fingerprint density at radius 3 is 2.50 bits per heavy atom. The van der Waals surface area contributed by atoms with Crippen molar-refractivity contribution in [2.75, 3.05) is 19.5 Å². The maximum absolute atomic E-state index is 12.0. The number of amides is 2. The first-order valence-electron chi connectivity index (χ1n) is 6.91. The first kappa shape index (κ1) is 18.1. The van der Waals surface area contributed by atoms with Gasteiger partial charge in [-0.3, -0.25) is 0 Å². The molecule has 0 radical (unpaired) electrons. The number of hydrogen-bond donors (Lipinski definition) is 2. The Bertz CT molecular complexity index is 536. The second kappa shape index (κ2) is 8.48. The number of hydrogen-bond acceptors (Lipinski definition) is 4. The first-order valence-corrected chi connectivity index (χ1v) is 7.29. The molecule has 0 aliphatic rings. The van der Waals surface area contributed by atoms with E-state index in [-0.39, 0.29) is 5.92 Å². The molecule has 0 heterocycles. The number of esters is 1.